The Hall–Kier alpha value is -4.54. The van der Waals surface area contributed by atoms with Gasteiger partial charge in [0, 0.05) is 32.1 Å². The van der Waals surface area contributed by atoms with Crippen LogP contribution in [-0.4, -0.2) is 70.1 Å². The van der Waals surface area contributed by atoms with Crippen LogP contribution in [0, 0.1) is 5.41 Å². The number of hydrogen-bond donors (Lipinski definition) is 3. The third-order valence-corrected chi connectivity index (χ3v) is 7.39. The summed E-state index contributed by atoms with van der Waals surface area (Å²) in [4.78, 5) is 62.5. The van der Waals surface area contributed by atoms with Gasteiger partial charge in [-0.05, 0) is 56.0 Å². The Morgan fingerprint density at radius 2 is 1.90 bits per heavy atom. The molecule has 0 radical (unpaired) electrons. The number of aromatic amines is 1. The Labute approximate surface area is 231 Å². The van der Waals surface area contributed by atoms with Crippen LogP contribution < -0.4 is 11.3 Å². The molecule has 11 nitrogen and oxygen atoms in total. The van der Waals surface area contributed by atoms with Crippen LogP contribution in [0.2, 0.25) is 0 Å². The maximum Gasteiger partial charge on any atom is 0.315 e. The average Bonchev–Trinajstić information content (AvgIpc) is 3.47. The highest BCUT2D eigenvalue weighted by Crippen LogP contribution is 2.33. The Balaban J connectivity index is 1.75. The van der Waals surface area contributed by atoms with E-state index in [9.17, 15) is 19.2 Å². The molecule has 1 aliphatic rings. The van der Waals surface area contributed by atoms with Crippen LogP contribution in [0.4, 0.5) is 0 Å². The van der Waals surface area contributed by atoms with E-state index < -0.39 is 23.8 Å². The molecule has 3 aromatic rings. The first kappa shape index (κ1) is 28.5. The number of H-pyrrole nitrogens is 1. The number of nitrogens with two attached hydrogens (primary N) is 1. The number of carbonyl (C=O) groups is 3. The smallest absolute Gasteiger partial charge is 0.315 e. The molecule has 0 saturated carbocycles. The highest BCUT2D eigenvalue weighted by atomic mass is 16.5. The number of likely N-dealkylation sites (N-methyl/N-ethyl adjacent to an activating group) is 1. The normalized spacial score (nSPS) is 14.5. The standard InChI is InChI=1S/C29H34N6O5/c1-4-40-25(37)17-24(36)34(3)29(2,28(39)35-12-5-6-13-35)20-10-11-21-22(16-20)32-23(27(38)33-21)15-18-8-7-9-19(14-18)26(30)31/h7-11,14,16H,4-6,12-13,15,17H2,1-3H3,(H3,30,31)(H,33,38). The van der Waals surface area contributed by atoms with E-state index in [1.807, 2.05) is 6.07 Å². The van der Waals surface area contributed by atoms with Crippen molar-refractivity contribution in [3.8, 4) is 0 Å². The monoisotopic (exact) mass is 546 g/mol. The minimum atomic E-state index is -1.43. The van der Waals surface area contributed by atoms with Gasteiger partial charge in [-0.15, -0.1) is 0 Å². The van der Waals surface area contributed by atoms with Gasteiger partial charge in [0.15, 0.2) is 0 Å². The SMILES string of the molecule is CCOC(=O)CC(=O)N(C)C(C)(C(=O)N1CCCC1)c1ccc2[nH]c(=O)c(Cc3cccc(C(=N)N)c3)nc2c1. The van der Waals surface area contributed by atoms with Crippen molar-refractivity contribution < 1.29 is 19.1 Å². The number of carbonyl (C=O) groups excluding carboxylic acids is 3. The van der Waals surface area contributed by atoms with E-state index >= 15 is 0 Å². The van der Waals surface area contributed by atoms with Gasteiger partial charge in [-0.1, -0.05) is 24.3 Å². The first-order valence-electron chi connectivity index (χ1n) is 13.2. The number of hydrogen-bond acceptors (Lipinski definition) is 7. The van der Waals surface area contributed by atoms with E-state index in [0.717, 1.165) is 18.4 Å². The predicted octanol–water partition coefficient (Wildman–Crippen LogP) is 2.05. The second-order valence-electron chi connectivity index (χ2n) is 10.0. The second-order valence-corrected chi connectivity index (χ2v) is 10.0. The van der Waals surface area contributed by atoms with Gasteiger partial charge in [0.05, 0.1) is 17.6 Å². The van der Waals surface area contributed by atoms with Gasteiger partial charge < -0.3 is 25.3 Å². The number of esters is 1. The van der Waals surface area contributed by atoms with Crippen LogP contribution in [0.3, 0.4) is 0 Å². The van der Waals surface area contributed by atoms with Crippen LogP contribution in [0.15, 0.2) is 47.3 Å². The fourth-order valence-corrected chi connectivity index (χ4v) is 4.98. The zero-order chi connectivity index (χ0) is 29.0. The summed E-state index contributed by atoms with van der Waals surface area (Å²) in [6, 6.07) is 12.1. The number of aromatic nitrogens is 2. The summed E-state index contributed by atoms with van der Waals surface area (Å²) < 4.78 is 4.95. The molecule has 1 aromatic heterocycles. The van der Waals surface area contributed by atoms with Gasteiger partial charge in [0.1, 0.15) is 23.5 Å². The zero-order valence-corrected chi connectivity index (χ0v) is 23.0. The lowest BCUT2D eigenvalue weighted by Crippen LogP contribution is -2.56. The zero-order valence-electron chi connectivity index (χ0n) is 23.0. The molecule has 1 aliphatic heterocycles. The number of rotatable bonds is 9. The Bertz CT molecular complexity index is 1530. The molecule has 2 aromatic carbocycles. The first-order chi connectivity index (χ1) is 19.0. The summed E-state index contributed by atoms with van der Waals surface area (Å²) in [5, 5.41) is 7.67. The van der Waals surface area contributed by atoms with Gasteiger partial charge in [-0.25, -0.2) is 4.98 Å². The van der Waals surface area contributed by atoms with Crippen LogP contribution in [0.5, 0.6) is 0 Å². The molecule has 1 atom stereocenters. The van der Waals surface area contributed by atoms with Gasteiger partial charge in [0.2, 0.25) is 5.91 Å². The second kappa shape index (κ2) is 11.7. The van der Waals surface area contributed by atoms with Crippen LogP contribution >= 0.6 is 0 Å². The van der Waals surface area contributed by atoms with E-state index in [1.165, 1.54) is 11.9 Å². The molecule has 210 valence electrons. The summed E-state index contributed by atoms with van der Waals surface area (Å²) in [5.74, 6) is -1.54. The summed E-state index contributed by atoms with van der Waals surface area (Å²) >= 11 is 0. The van der Waals surface area contributed by atoms with Crippen LogP contribution in [-0.2, 0) is 31.1 Å². The summed E-state index contributed by atoms with van der Waals surface area (Å²) in [5.41, 5.74) is 6.81. The third-order valence-electron chi connectivity index (χ3n) is 7.39. The van der Waals surface area contributed by atoms with Crippen LogP contribution in [0.25, 0.3) is 11.0 Å². The number of amides is 2. The number of amidine groups is 1. The molecular formula is C29H34N6O5. The molecule has 11 heteroatoms. The fourth-order valence-electron chi connectivity index (χ4n) is 4.98. The van der Waals surface area contributed by atoms with Crippen molar-refractivity contribution in [3.05, 3.63) is 75.2 Å². The van der Waals surface area contributed by atoms with Crippen molar-refractivity contribution in [1.82, 2.24) is 19.8 Å². The lowest BCUT2D eigenvalue weighted by Gasteiger charge is -2.40. The number of nitrogens with one attached hydrogen (secondary N) is 2. The lowest BCUT2D eigenvalue weighted by atomic mass is 9.87. The molecule has 1 unspecified atom stereocenters. The molecule has 0 spiro atoms. The van der Waals surface area contributed by atoms with Gasteiger partial charge in [-0.3, -0.25) is 24.6 Å². The summed E-state index contributed by atoms with van der Waals surface area (Å²) in [6.45, 7) is 4.63. The van der Waals surface area contributed by atoms with E-state index in [4.69, 9.17) is 15.9 Å². The number of nitrogen functional groups attached to an aromatic ring is 1. The van der Waals surface area contributed by atoms with Crippen molar-refractivity contribution in [2.24, 2.45) is 5.73 Å². The predicted molar refractivity (Wildman–Crippen MR) is 150 cm³/mol. The number of nitrogens with zero attached hydrogens (tertiary/aromatic N) is 3. The lowest BCUT2D eigenvalue weighted by molar-refractivity contribution is -0.156. The molecule has 40 heavy (non-hydrogen) atoms. The molecule has 0 aliphatic carbocycles. The molecule has 2 heterocycles. The van der Waals surface area contributed by atoms with Crippen molar-refractivity contribution >= 4 is 34.7 Å². The molecule has 0 bridgehead atoms. The van der Waals surface area contributed by atoms with Crippen molar-refractivity contribution in [3.63, 3.8) is 0 Å². The number of fused-ring (bicyclic) bond motifs is 1. The maximum atomic E-state index is 13.9. The van der Waals surface area contributed by atoms with Crippen LogP contribution in [0.1, 0.15) is 55.5 Å². The molecule has 4 N–H and O–H groups in total. The fraction of sp³-hybridized carbons (Fsp3) is 0.379. The van der Waals surface area contributed by atoms with Gasteiger partial charge in [0.25, 0.3) is 11.5 Å². The topological polar surface area (TPSA) is 163 Å². The molecule has 4 rings (SSSR count). The Morgan fingerprint density at radius 3 is 2.58 bits per heavy atom. The number of likely N-dealkylation sites (tertiary alicyclic amines) is 1. The van der Waals surface area contributed by atoms with E-state index in [0.29, 0.717) is 35.2 Å². The number of benzene rings is 2. The summed E-state index contributed by atoms with van der Waals surface area (Å²) in [7, 11) is 1.51. The largest absolute Gasteiger partial charge is 0.466 e. The van der Waals surface area contributed by atoms with Crippen molar-refractivity contribution in [2.75, 3.05) is 26.7 Å². The molecule has 1 saturated heterocycles. The highest BCUT2D eigenvalue weighted by Gasteiger charge is 2.45. The third kappa shape index (κ3) is 5.73. The van der Waals surface area contributed by atoms with Gasteiger partial charge >= 0.3 is 5.97 Å². The van der Waals surface area contributed by atoms with Crippen molar-refractivity contribution in [1.29, 1.82) is 5.41 Å². The highest BCUT2D eigenvalue weighted by molar-refractivity contribution is 5.99. The first-order valence-corrected chi connectivity index (χ1v) is 13.2. The maximum absolute atomic E-state index is 13.9. The van der Waals surface area contributed by atoms with E-state index in [-0.39, 0.29) is 36.0 Å². The van der Waals surface area contributed by atoms with Gasteiger partial charge in [-0.2, -0.15) is 0 Å². The molecule has 1 fully saturated rings. The number of ether oxygens (including phenoxy) is 1. The quantitative estimate of drug-likeness (QED) is 0.160. The summed E-state index contributed by atoms with van der Waals surface area (Å²) in [6.07, 6.45) is 1.46. The van der Waals surface area contributed by atoms with E-state index in [2.05, 4.69) is 9.97 Å². The minimum absolute atomic E-state index is 0.0737. The minimum Gasteiger partial charge on any atom is -0.466 e. The van der Waals surface area contributed by atoms with Crippen molar-refractivity contribution in [2.45, 2.75) is 45.1 Å². The van der Waals surface area contributed by atoms with E-state index in [1.54, 1.807) is 55.1 Å². The average molecular weight is 547 g/mol. The molecular weight excluding hydrogens is 512 g/mol. The Kier molecular flexibility index (Phi) is 8.32. The Morgan fingerprint density at radius 1 is 1.18 bits per heavy atom. The molecule has 2 amide bonds.